The molecule has 370 valence electrons. The molecule has 12 rings (SSSR count). The van der Waals surface area contributed by atoms with Gasteiger partial charge in [-0.1, -0.05) is 30.0 Å². The number of carbonyl (C=O) groups is 5. The van der Waals surface area contributed by atoms with Crippen LogP contribution in [0.15, 0.2) is 189 Å². The lowest BCUT2D eigenvalue weighted by atomic mass is 10.1. The zero-order valence-corrected chi connectivity index (χ0v) is 40.4. The summed E-state index contributed by atoms with van der Waals surface area (Å²) in [6.07, 6.45) is 0. The van der Waals surface area contributed by atoms with Gasteiger partial charge in [0.15, 0.2) is 0 Å². The highest BCUT2D eigenvalue weighted by Crippen LogP contribution is 2.35. The van der Waals surface area contributed by atoms with E-state index in [9.17, 15) is 43.2 Å². The third kappa shape index (κ3) is 8.13. The van der Waals surface area contributed by atoms with Gasteiger partial charge in [0.1, 0.15) is 28.7 Å². The van der Waals surface area contributed by atoms with E-state index in [1.165, 1.54) is 98.0 Å². The van der Waals surface area contributed by atoms with E-state index < -0.39 is 51.8 Å². The third-order valence-electron chi connectivity index (χ3n) is 13.2. The molecule has 2 aliphatic rings. The fourth-order valence-electron chi connectivity index (χ4n) is 9.41. The van der Waals surface area contributed by atoms with Gasteiger partial charge in [0, 0.05) is 18.2 Å². The summed E-state index contributed by atoms with van der Waals surface area (Å²) in [5, 5.41) is -0.321. The summed E-state index contributed by atoms with van der Waals surface area (Å²) in [5.74, 6) is 4.81. The van der Waals surface area contributed by atoms with E-state index in [0.717, 1.165) is 24.5 Å². The number of amides is 4. The van der Waals surface area contributed by atoms with Gasteiger partial charge >= 0.3 is 5.97 Å². The zero-order valence-electron chi connectivity index (χ0n) is 40.4. The summed E-state index contributed by atoms with van der Waals surface area (Å²) in [7, 11) is 1.39. The minimum atomic E-state index is -0.746. The van der Waals surface area contributed by atoms with Crippen LogP contribution in [0.2, 0.25) is 0 Å². The number of ether oxygens (including phenoxy) is 3. The van der Waals surface area contributed by atoms with Crippen LogP contribution < -0.4 is 41.3 Å². The van der Waals surface area contributed by atoms with E-state index in [-0.39, 0.29) is 83.7 Å². The SMILES string of the molecule is Cc1cc(C(=O)Oc2ccc(C#Cc3ccccc3)cc2)cc(-n2c(=O)c3cc4c(=O)n(-c5ccc(Oc6ccc(N7C(=O)c8ccc(Oc9ccc%10c(c9)C(=O)N(C)C%10=O)cc8C7=O)cc6)cc5)c(=O)c4cc3c2=O)c1. The first-order valence-corrected chi connectivity index (χ1v) is 23.7. The number of imide groups is 2. The molecule has 8 aromatic carbocycles. The van der Waals surface area contributed by atoms with Crippen LogP contribution in [0, 0.1) is 18.8 Å². The average molecular weight is 1010 g/mol. The van der Waals surface area contributed by atoms with Crippen molar-refractivity contribution in [3.8, 4) is 52.0 Å². The number of hydrogen-bond donors (Lipinski definition) is 0. The van der Waals surface area contributed by atoms with Crippen LogP contribution in [0.3, 0.4) is 0 Å². The molecule has 0 N–H and O–H groups in total. The molecule has 0 aliphatic carbocycles. The van der Waals surface area contributed by atoms with Crippen molar-refractivity contribution in [1.82, 2.24) is 14.0 Å². The summed E-state index contributed by atoms with van der Waals surface area (Å²) >= 11 is 0. The van der Waals surface area contributed by atoms with Gasteiger partial charge < -0.3 is 14.2 Å². The topological polar surface area (TPSA) is 198 Å². The normalized spacial score (nSPS) is 12.8. The highest BCUT2D eigenvalue weighted by Gasteiger charge is 2.38. The number of anilines is 1. The molecule has 0 fully saturated rings. The molecule has 0 bridgehead atoms. The molecule has 0 saturated heterocycles. The van der Waals surface area contributed by atoms with Gasteiger partial charge in [-0.3, -0.25) is 43.3 Å². The highest BCUT2D eigenvalue weighted by molar-refractivity contribution is 6.34. The number of carbonyl (C=O) groups excluding carboxylic acids is 5. The lowest BCUT2D eigenvalue weighted by Gasteiger charge is -2.14. The van der Waals surface area contributed by atoms with Gasteiger partial charge in [-0.2, -0.15) is 0 Å². The molecule has 0 atom stereocenters. The summed E-state index contributed by atoms with van der Waals surface area (Å²) in [6.45, 7) is 1.70. The predicted octanol–water partition coefficient (Wildman–Crippen LogP) is 8.43. The van der Waals surface area contributed by atoms with Gasteiger partial charge in [-0.05, 0) is 164 Å². The second-order valence-corrected chi connectivity index (χ2v) is 18.1. The first-order chi connectivity index (χ1) is 37.2. The number of benzene rings is 8. The Labute approximate surface area is 434 Å². The Balaban J connectivity index is 0.733. The number of fused-ring (bicyclic) bond motifs is 4. The zero-order chi connectivity index (χ0) is 53.4. The van der Waals surface area contributed by atoms with E-state index in [1.54, 1.807) is 55.5 Å². The molecule has 10 aromatic rings. The van der Waals surface area contributed by atoms with Crippen LogP contribution in [-0.4, -0.2) is 50.7 Å². The van der Waals surface area contributed by atoms with Crippen LogP contribution in [0.1, 0.15) is 68.5 Å². The maximum absolute atomic E-state index is 14.0. The van der Waals surface area contributed by atoms with Crippen molar-refractivity contribution in [2.24, 2.45) is 0 Å². The lowest BCUT2D eigenvalue weighted by molar-refractivity contribution is 0.0689. The Morgan fingerprint density at radius 1 is 0.403 bits per heavy atom. The molecular formula is C61H34N4O12. The van der Waals surface area contributed by atoms with Gasteiger partial charge in [0.25, 0.3) is 45.9 Å². The second kappa shape index (κ2) is 18.2. The van der Waals surface area contributed by atoms with Crippen LogP contribution in [0.25, 0.3) is 32.9 Å². The summed E-state index contributed by atoms with van der Waals surface area (Å²) < 4.78 is 19.4. The Morgan fingerprint density at radius 2 is 0.844 bits per heavy atom. The molecular weight excluding hydrogens is 981 g/mol. The maximum atomic E-state index is 14.0. The maximum Gasteiger partial charge on any atom is 0.343 e. The van der Waals surface area contributed by atoms with Gasteiger partial charge in [0.05, 0.1) is 66.4 Å². The lowest BCUT2D eigenvalue weighted by Crippen LogP contribution is -2.29. The minimum Gasteiger partial charge on any atom is -0.457 e. The van der Waals surface area contributed by atoms with Gasteiger partial charge in [-0.15, -0.1) is 0 Å². The molecule has 0 radical (unpaired) electrons. The van der Waals surface area contributed by atoms with Crippen molar-refractivity contribution >= 4 is 56.8 Å². The van der Waals surface area contributed by atoms with Crippen molar-refractivity contribution in [2.45, 2.75) is 6.92 Å². The molecule has 77 heavy (non-hydrogen) atoms. The first kappa shape index (κ1) is 47.0. The number of nitrogens with zero attached hydrogens (tertiary/aromatic N) is 4. The number of hydrogen-bond acceptors (Lipinski definition) is 12. The van der Waals surface area contributed by atoms with Gasteiger partial charge in [0.2, 0.25) is 0 Å². The smallest absolute Gasteiger partial charge is 0.343 e. The predicted molar refractivity (Wildman–Crippen MR) is 283 cm³/mol. The van der Waals surface area contributed by atoms with E-state index in [4.69, 9.17) is 14.2 Å². The Bertz CT molecular complexity index is 4440. The number of aryl methyl sites for hydroxylation is 1. The van der Waals surface area contributed by atoms with Crippen molar-refractivity contribution in [3.05, 3.63) is 256 Å². The van der Waals surface area contributed by atoms with Gasteiger partial charge in [-0.25, -0.2) is 18.8 Å². The minimum absolute atomic E-state index is 0.0730. The summed E-state index contributed by atoms with van der Waals surface area (Å²) in [6, 6.07) is 44.3. The van der Waals surface area contributed by atoms with E-state index in [2.05, 4.69) is 11.8 Å². The van der Waals surface area contributed by atoms with Crippen LogP contribution in [0.5, 0.6) is 28.7 Å². The fourth-order valence-corrected chi connectivity index (χ4v) is 9.41. The number of aromatic nitrogens is 2. The van der Waals surface area contributed by atoms with E-state index in [0.29, 0.717) is 22.6 Å². The molecule has 2 aliphatic heterocycles. The summed E-state index contributed by atoms with van der Waals surface area (Å²) in [4.78, 5) is 123. The molecule has 4 heterocycles. The largest absolute Gasteiger partial charge is 0.457 e. The number of rotatable bonds is 9. The Morgan fingerprint density at radius 3 is 1.42 bits per heavy atom. The molecule has 4 amide bonds. The van der Waals surface area contributed by atoms with Crippen molar-refractivity contribution in [1.29, 1.82) is 0 Å². The van der Waals surface area contributed by atoms with Crippen LogP contribution in [-0.2, 0) is 0 Å². The quantitative estimate of drug-likeness (QED) is 0.0580. The van der Waals surface area contributed by atoms with Crippen molar-refractivity contribution < 1.29 is 38.2 Å². The molecule has 0 unspecified atom stereocenters. The third-order valence-corrected chi connectivity index (χ3v) is 13.2. The Kier molecular flexibility index (Phi) is 11.1. The van der Waals surface area contributed by atoms with E-state index >= 15 is 0 Å². The van der Waals surface area contributed by atoms with E-state index in [1.807, 2.05) is 30.3 Å². The first-order valence-electron chi connectivity index (χ1n) is 23.7. The fraction of sp³-hybridized carbons (Fsp3) is 0.0328. The molecule has 16 nitrogen and oxygen atoms in total. The highest BCUT2D eigenvalue weighted by atomic mass is 16.5. The summed E-state index contributed by atoms with van der Waals surface area (Å²) in [5.41, 5.74) is 0.564. The number of esters is 1. The molecule has 0 spiro atoms. The van der Waals surface area contributed by atoms with Crippen LogP contribution >= 0.6 is 0 Å². The second-order valence-electron chi connectivity index (χ2n) is 18.1. The van der Waals surface area contributed by atoms with Crippen LogP contribution in [0.4, 0.5) is 5.69 Å². The average Bonchev–Trinajstić information content (AvgIpc) is 4.18. The van der Waals surface area contributed by atoms with Crippen molar-refractivity contribution in [2.75, 3.05) is 11.9 Å². The molecule has 16 heteroatoms. The van der Waals surface area contributed by atoms with Crippen molar-refractivity contribution in [3.63, 3.8) is 0 Å². The standard InChI is InChI=1S/C61H34N4O12/c1-33-26-36(61(74)77-42-16-10-35(11-17-42)9-8-34-6-4-3-5-7-34)28-39(27-33)65-59(72)51-31-49-50(32-52(51)60(65)73)58(71)64(57(49)70)38-14-20-41(21-15-38)75-40-18-12-37(13-19-40)63-55(68)46-25-23-44(30-48(46)56(63)69)76-43-22-24-45-47(29-43)54(67)62(2)53(45)66/h3-7,10-32H,1-2H3. The molecule has 2 aromatic heterocycles. The Hall–Kier alpha value is -11.1. The monoisotopic (exact) mass is 1010 g/mol. The molecule has 0 saturated carbocycles.